The maximum Gasteiger partial charge on any atom is 0.449 e. The summed E-state index contributed by atoms with van der Waals surface area (Å²) in [5.41, 5.74) is 0. The van der Waals surface area contributed by atoms with Gasteiger partial charge in [-0.25, -0.2) is 9.89 Å². The fourth-order valence-corrected chi connectivity index (χ4v) is 0.565. The quantitative estimate of drug-likeness (QED) is 0.515. The van der Waals surface area contributed by atoms with Gasteiger partial charge in [0.1, 0.15) is 0 Å². The predicted molar refractivity (Wildman–Crippen MR) is 28.7 cm³/mol. The first-order chi connectivity index (χ1) is 5.38. The molecule has 0 saturated carbocycles. The van der Waals surface area contributed by atoms with E-state index in [0.29, 0.717) is 0 Å². The molecule has 0 aliphatic heterocycles. The molecule has 2 aromatic rings. The average molecular weight is 153 g/mol. The highest BCUT2D eigenvalue weighted by molar-refractivity contribution is 5.00. The Kier molecular flexibility index (Phi) is 1.05. The summed E-state index contributed by atoms with van der Waals surface area (Å²) in [5.74, 6) is -0.570. The maximum atomic E-state index is 10.7. The Balaban J connectivity index is 2.62. The van der Waals surface area contributed by atoms with Gasteiger partial charge >= 0.3 is 5.76 Å². The standard InChI is InChI=1S/C3HN6O2/c10-3-9(1-4-11-3)2-5-7-8-6-2/h(H,5,6,7,8). The van der Waals surface area contributed by atoms with Crippen LogP contribution in [0.4, 0.5) is 0 Å². The van der Waals surface area contributed by atoms with Crippen molar-refractivity contribution in [2.45, 2.75) is 0 Å². The molecular weight excluding hydrogens is 152 g/mol. The molecule has 55 valence electrons. The third-order valence-electron chi connectivity index (χ3n) is 0.993. The minimum atomic E-state index is -0.691. The Labute approximate surface area is 58.8 Å². The highest BCUT2D eigenvalue weighted by Crippen LogP contribution is 1.86. The zero-order valence-corrected chi connectivity index (χ0v) is 5.05. The lowest BCUT2D eigenvalue weighted by molar-refractivity contribution is 0.381. The van der Waals surface area contributed by atoms with Crippen molar-refractivity contribution in [3.63, 3.8) is 0 Å². The SMILES string of the molecule is O=c1on[c]n1-c1nnn[nH]1. The summed E-state index contributed by atoms with van der Waals surface area (Å²) in [5, 5.41) is 15.4. The van der Waals surface area contributed by atoms with Crippen LogP contribution in [-0.2, 0) is 0 Å². The molecule has 8 nitrogen and oxygen atoms in total. The molecular formula is C3HN6O2. The molecule has 1 N–H and O–H groups in total. The summed E-state index contributed by atoms with van der Waals surface area (Å²) in [6.45, 7) is 0. The fraction of sp³-hybridized carbons (Fsp3) is 0. The van der Waals surface area contributed by atoms with Crippen LogP contribution >= 0.6 is 0 Å². The molecule has 0 bridgehead atoms. The molecule has 0 unspecified atom stereocenters. The van der Waals surface area contributed by atoms with Crippen LogP contribution in [0.15, 0.2) is 9.32 Å². The zero-order valence-electron chi connectivity index (χ0n) is 5.05. The Morgan fingerprint density at radius 2 is 2.55 bits per heavy atom. The molecule has 0 spiro atoms. The van der Waals surface area contributed by atoms with E-state index in [1.807, 2.05) is 0 Å². The van der Waals surface area contributed by atoms with Gasteiger partial charge in [-0.05, 0) is 10.4 Å². The first kappa shape index (κ1) is 5.77. The second kappa shape index (κ2) is 2.01. The van der Waals surface area contributed by atoms with Crippen LogP contribution in [-0.4, -0.2) is 30.3 Å². The van der Waals surface area contributed by atoms with Crippen LogP contribution < -0.4 is 5.76 Å². The average Bonchev–Trinajstić information content (AvgIpc) is 2.55. The van der Waals surface area contributed by atoms with Gasteiger partial charge in [0.15, 0.2) is 0 Å². The van der Waals surface area contributed by atoms with Gasteiger partial charge in [-0.1, -0.05) is 10.3 Å². The molecule has 2 aromatic heterocycles. The molecule has 0 aliphatic carbocycles. The molecule has 8 heteroatoms. The van der Waals surface area contributed by atoms with E-state index in [-0.39, 0.29) is 5.95 Å². The van der Waals surface area contributed by atoms with Crippen LogP contribution in [0, 0.1) is 6.33 Å². The molecule has 2 heterocycles. The highest BCUT2D eigenvalue weighted by Gasteiger charge is 2.05. The first-order valence-corrected chi connectivity index (χ1v) is 2.58. The van der Waals surface area contributed by atoms with E-state index in [9.17, 15) is 4.79 Å². The molecule has 0 fully saturated rings. The smallest absolute Gasteiger partial charge is 0.295 e. The lowest BCUT2D eigenvalue weighted by Gasteiger charge is -1.83. The number of aromatic nitrogens is 6. The van der Waals surface area contributed by atoms with Crippen LogP contribution in [0.3, 0.4) is 0 Å². The Morgan fingerprint density at radius 1 is 1.64 bits per heavy atom. The third-order valence-corrected chi connectivity index (χ3v) is 0.993. The van der Waals surface area contributed by atoms with Crippen molar-refractivity contribution in [2.24, 2.45) is 0 Å². The van der Waals surface area contributed by atoms with Crippen molar-refractivity contribution >= 4 is 0 Å². The third kappa shape index (κ3) is 0.801. The monoisotopic (exact) mass is 153 g/mol. The van der Waals surface area contributed by atoms with Crippen molar-refractivity contribution < 1.29 is 4.52 Å². The van der Waals surface area contributed by atoms with Crippen LogP contribution in [0.5, 0.6) is 0 Å². The summed E-state index contributed by atoms with van der Waals surface area (Å²) in [7, 11) is 0. The van der Waals surface area contributed by atoms with E-state index >= 15 is 0 Å². The van der Waals surface area contributed by atoms with Gasteiger partial charge in [-0.15, -0.1) is 0 Å². The number of H-pyrrole nitrogens is 1. The lowest BCUT2D eigenvalue weighted by atomic mass is 10.9. The van der Waals surface area contributed by atoms with E-state index in [1.165, 1.54) is 0 Å². The normalized spacial score (nSPS) is 10.2. The van der Waals surface area contributed by atoms with Crippen molar-refractivity contribution in [1.29, 1.82) is 0 Å². The number of hydrogen-bond donors (Lipinski definition) is 1. The number of tetrazole rings is 1. The summed E-state index contributed by atoms with van der Waals surface area (Å²) in [4.78, 5) is 10.7. The number of nitrogens with one attached hydrogen (secondary N) is 1. The predicted octanol–water partition coefficient (Wildman–Crippen LogP) is -1.86. The second-order valence-electron chi connectivity index (χ2n) is 1.61. The first-order valence-electron chi connectivity index (χ1n) is 2.58. The topological polar surface area (TPSA) is 102 Å². The van der Waals surface area contributed by atoms with Crippen molar-refractivity contribution in [1.82, 2.24) is 30.3 Å². The van der Waals surface area contributed by atoms with Crippen molar-refractivity contribution in [2.75, 3.05) is 0 Å². The molecule has 0 aliphatic rings. The van der Waals surface area contributed by atoms with Gasteiger partial charge in [0, 0.05) is 0 Å². The van der Waals surface area contributed by atoms with E-state index < -0.39 is 5.76 Å². The zero-order chi connectivity index (χ0) is 7.68. The number of aromatic amines is 1. The summed E-state index contributed by atoms with van der Waals surface area (Å²) in [6.07, 6.45) is 2.22. The van der Waals surface area contributed by atoms with Crippen molar-refractivity contribution in [3.05, 3.63) is 16.9 Å². The fourth-order valence-electron chi connectivity index (χ4n) is 0.565. The molecule has 0 saturated heterocycles. The van der Waals surface area contributed by atoms with Gasteiger partial charge < -0.3 is 0 Å². The van der Waals surface area contributed by atoms with E-state index in [2.05, 4.69) is 36.6 Å². The van der Waals surface area contributed by atoms with E-state index in [4.69, 9.17) is 0 Å². The summed E-state index contributed by atoms with van der Waals surface area (Å²) < 4.78 is 5.09. The van der Waals surface area contributed by atoms with Gasteiger partial charge in [0.25, 0.3) is 5.95 Å². The molecule has 0 aromatic carbocycles. The number of rotatable bonds is 1. The molecule has 11 heavy (non-hydrogen) atoms. The minimum absolute atomic E-state index is 0.122. The maximum absolute atomic E-state index is 10.7. The number of hydrogen-bond acceptors (Lipinski definition) is 6. The molecule has 2 rings (SSSR count). The van der Waals surface area contributed by atoms with Crippen molar-refractivity contribution in [3.8, 4) is 5.95 Å². The van der Waals surface area contributed by atoms with Gasteiger partial charge in [0.2, 0.25) is 6.33 Å². The van der Waals surface area contributed by atoms with E-state index in [0.717, 1.165) is 4.57 Å². The van der Waals surface area contributed by atoms with E-state index in [1.54, 1.807) is 0 Å². The summed E-state index contributed by atoms with van der Waals surface area (Å²) in [6, 6.07) is 0. The molecule has 0 atom stereocenters. The second-order valence-corrected chi connectivity index (χ2v) is 1.61. The van der Waals surface area contributed by atoms with Crippen LogP contribution in [0.1, 0.15) is 0 Å². The minimum Gasteiger partial charge on any atom is -0.295 e. The lowest BCUT2D eigenvalue weighted by Crippen LogP contribution is -2.12. The van der Waals surface area contributed by atoms with Crippen LogP contribution in [0.25, 0.3) is 5.95 Å². The molecule has 0 amide bonds. The number of nitrogens with zero attached hydrogens (tertiary/aromatic N) is 5. The Bertz CT molecular complexity index is 384. The van der Waals surface area contributed by atoms with Gasteiger partial charge in [-0.2, -0.15) is 4.57 Å². The molecule has 1 radical (unpaired) electrons. The van der Waals surface area contributed by atoms with Gasteiger partial charge in [-0.3, -0.25) is 4.52 Å². The Hall–Kier alpha value is -1.99. The summed E-state index contributed by atoms with van der Waals surface area (Å²) >= 11 is 0. The van der Waals surface area contributed by atoms with Gasteiger partial charge in [0.05, 0.1) is 0 Å². The Morgan fingerprint density at radius 3 is 3.09 bits per heavy atom. The van der Waals surface area contributed by atoms with Crippen LogP contribution in [0.2, 0.25) is 0 Å². The highest BCUT2D eigenvalue weighted by atomic mass is 16.5. The largest absolute Gasteiger partial charge is 0.449 e.